The highest BCUT2D eigenvalue weighted by molar-refractivity contribution is 9.10. The second-order valence-corrected chi connectivity index (χ2v) is 5.24. The van der Waals surface area contributed by atoms with Gasteiger partial charge in [-0.2, -0.15) is 0 Å². The van der Waals surface area contributed by atoms with Crippen LogP contribution in [0.4, 0.5) is 4.39 Å². The van der Waals surface area contributed by atoms with E-state index in [9.17, 15) is 9.18 Å². The zero-order valence-electron chi connectivity index (χ0n) is 9.68. The van der Waals surface area contributed by atoms with Crippen LogP contribution < -0.4 is 0 Å². The lowest BCUT2D eigenvalue weighted by molar-refractivity contribution is 0.0683. The van der Waals surface area contributed by atoms with Crippen molar-refractivity contribution >= 4 is 21.9 Å². The fourth-order valence-electron chi connectivity index (χ4n) is 1.83. The number of halogens is 2. The first-order valence-electron chi connectivity index (χ1n) is 5.72. The molecule has 1 heterocycles. The minimum absolute atomic E-state index is 0.234. The normalized spacial score (nSPS) is 14.6. The molecule has 0 saturated heterocycles. The Hall–Kier alpha value is -1.76. The van der Waals surface area contributed by atoms with Gasteiger partial charge in [-0.15, -0.1) is 5.10 Å². The molecule has 19 heavy (non-hydrogen) atoms. The molecule has 0 aliphatic heterocycles. The largest absolute Gasteiger partial charge is 0.475 e. The first kappa shape index (κ1) is 12.3. The Morgan fingerprint density at radius 3 is 2.79 bits per heavy atom. The van der Waals surface area contributed by atoms with Crippen LogP contribution in [-0.2, 0) is 0 Å². The zero-order valence-corrected chi connectivity index (χ0v) is 11.3. The van der Waals surface area contributed by atoms with E-state index in [4.69, 9.17) is 5.11 Å². The molecular weight excluding hydrogens is 317 g/mol. The Balaban J connectivity index is 2.12. The molecule has 0 unspecified atom stereocenters. The molecule has 0 amide bonds. The minimum atomic E-state index is -1.16. The maximum atomic E-state index is 13.2. The van der Waals surface area contributed by atoms with E-state index >= 15 is 0 Å². The summed E-state index contributed by atoms with van der Waals surface area (Å²) < 4.78 is 15.0. The molecule has 7 heteroatoms. The highest BCUT2D eigenvalue weighted by Crippen LogP contribution is 2.39. The molecule has 1 aromatic carbocycles. The van der Waals surface area contributed by atoms with Crippen molar-refractivity contribution in [2.45, 2.75) is 18.8 Å². The Morgan fingerprint density at radius 2 is 2.21 bits per heavy atom. The lowest BCUT2D eigenvalue weighted by atomic mass is 10.3. The van der Waals surface area contributed by atoms with Crippen LogP contribution in [0.5, 0.6) is 0 Å². The van der Waals surface area contributed by atoms with Crippen molar-refractivity contribution in [3.05, 3.63) is 40.1 Å². The third-order valence-electron chi connectivity index (χ3n) is 2.91. The van der Waals surface area contributed by atoms with Crippen molar-refractivity contribution in [1.29, 1.82) is 0 Å². The van der Waals surface area contributed by atoms with Crippen LogP contribution in [0.1, 0.15) is 35.2 Å². The molecule has 5 nitrogen and oxygen atoms in total. The van der Waals surface area contributed by atoms with Crippen molar-refractivity contribution in [3.8, 4) is 5.69 Å². The minimum Gasteiger partial charge on any atom is -0.475 e. The number of carbonyl (C=O) groups is 1. The molecule has 0 bridgehead atoms. The molecule has 2 aromatic rings. The number of rotatable bonds is 3. The molecule has 0 atom stereocenters. The molecule has 1 fully saturated rings. The van der Waals surface area contributed by atoms with Gasteiger partial charge < -0.3 is 5.11 Å². The van der Waals surface area contributed by atoms with E-state index in [1.165, 1.54) is 10.7 Å². The third-order valence-corrected chi connectivity index (χ3v) is 3.52. The van der Waals surface area contributed by atoms with Gasteiger partial charge in [0.05, 0.1) is 10.2 Å². The Kier molecular flexibility index (Phi) is 2.85. The average Bonchev–Trinajstić information content (AvgIpc) is 3.11. The average molecular weight is 326 g/mol. The van der Waals surface area contributed by atoms with E-state index in [1.807, 2.05) is 0 Å². The Labute approximate surface area is 116 Å². The molecule has 0 spiro atoms. The number of benzene rings is 1. The van der Waals surface area contributed by atoms with Crippen LogP contribution in [0.2, 0.25) is 0 Å². The van der Waals surface area contributed by atoms with Crippen molar-refractivity contribution in [2.75, 3.05) is 0 Å². The summed E-state index contributed by atoms with van der Waals surface area (Å²) in [5.41, 5.74) is 0.593. The highest BCUT2D eigenvalue weighted by atomic mass is 79.9. The molecule has 1 aliphatic carbocycles. The van der Waals surface area contributed by atoms with Crippen molar-refractivity contribution in [3.63, 3.8) is 0 Å². The third kappa shape index (κ3) is 2.25. The second-order valence-electron chi connectivity index (χ2n) is 4.38. The predicted octanol–water partition coefficient (Wildman–Crippen LogP) is 2.74. The molecule has 1 aromatic heterocycles. The molecule has 1 saturated carbocycles. The zero-order chi connectivity index (χ0) is 13.6. The molecule has 1 aliphatic rings. The maximum absolute atomic E-state index is 13.2. The van der Waals surface area contributed by atoms with Gasteiger partial charge in [0, 0.05) is 5.92 Å². The maximum Gasteiger partial charge on any atom is 0.375 e. The van der Waals surface area contributed by atoms with E-state index in [1.54, 1.807) is 12.1 Å². The van der Waals surface area contributed by atoms with Gasteiger partial charge in [0.2, 0.25) is 0 Å². The quantitative estimate of drug-likeness (QED) is 0.942. The van der Waals surface area contributed by atoms with Crippen molar-refractivity contribution < 1.29 is 14.3 Å². The summed E-state index contributed by atoms with van der Waals surface area (Å²) in [6, 6.07) is 4.41. The van der Waals surface area contributed by atoms with E-state index in [2.05, 4.69) is 26.0 Å². The van der Waals surface area contributed by atoms with Gasteiger partial charge in [-0.3, -0.25) is 0 Å². The smallest absolute Gasteiger partial charge is 0.375 e. The van der Waals surface area contributed by atoms with E-state index in [-0.39, 0.29) is 17.6 Å². The van der Waals surface area contributed by atoms with E-state index < -0.39 is 5.97 Å². The van der Waals surface area contributed by atoms with Crippen LogP contribution in [0, 0.1) is 5.82 Å². The van der Waals surface area contributed by atoms with E-state index in [0.29, 0.717) is 16.0 Å². The molecule has 0 radical (unpaired) electrons. The summed E-state index contributed by atoms with van der Waals surface area (Å²) in [7, 11) is 0. The second kappa shape index (κ2) is 4.41. The number of hydrogen-bond acceptors (Lipinski definition) is 3. The van der Waals surface area contributed by atoms with Gasteiger partial charge in [-0.05, 0) is 47.0 Å². The first-order valence-corrected chi connectivity index (χ1v) is 6.51. The van der Waals surface area contributed by atoms with Gasteiger partial charge in [0.25, 0.3) is 5.82 Å². The van der Waals surface area contributed by atoms with Gasteiger partial charge in [-0.1, -0.05) is 0 Å². The lowest BCUT2D eigenvalue weighted by Crippen LogP contribution is -2.03. The number of aromatic nitrogens is 3. The summed E-state index contributed by atoms with van der Waals surface area (Å²) in [6.45, 7) is 0. The lowest BCUT2D eigenvalue weighted by Gasteiger charge is -2.05. The fraction of sp³-hybridized carbons (Fsp3) is 0.250. The summed E-state index contributed by atoms with van der Waals surface area (Å²) in [5.74, 6) is -0.917. The number of nitrogens with zero attached hydrogens (tertiary/aromatic N) is 3. The highest BCUT2D eigenvalue weighted by Gasteiger charge is 2.31. The standard InChI is InChI=1S/C12H9BrFN3O2/c13-8-5-7(3-4-9(8)14)17-11(6-1-2-6)15-10(16-17)12(18)19/h3-6H,1-2H2,(H,18,19). The van der Waals surface area contributed by atoms with Gasteiger partial charge >= 0.3 is 5.97 Å². The molecular formula is C12H9BrFN3O2. The van der Waals surface area contributed by atoms with Crippen LogP contribution in [0.25, 0.3) is 5.69 Å². The van der Waals surface area contributed by atoms with Gasteiger partial charge in [0.15, 0.2) is 0 Å². The molecule has 1 N–H and O–H groups in total. The molecule has 3 rings (SSSR count). The molecule has 98 valence electrons. The monoisotopic (exact) mass is 325 g/mol. The number of carboxylic acids is 1. The fourth-order valence-corrected chi connectivity index (χ4v) is 2.19. The van der Waals surface area contributed by atoms with Crippen molar-refractivity contribution in [1.82, 2.24) is 14.8 Å². The van der Waals surface area contributed by atoms with Gasteiger partial charge in [-0.25, -0.2) is 18.9 Å². The predicted molar refractivity (Wildman–Crippen MR) is 68.0 cm³/mol. The summed E-state index contributed by atoms with van der Waals surface area (Å²) in [5, 5.41) is 12.9. The van der Waals surface area contributed by atoms with E-state index in [0.717, 1.165) is 12.8 Å². The SMILES string of the molecule is O=C(O)c1nc(C2CC2)n(-c2ccc(F)c(Br)c2)n1. The van der Waals surface area contributed by atoms with Crippen LogP contribution in [-0.4, -0.2) is 25.8 Å². The van der Waals surface area contributed by atoms with Crippen LogP contribution in [0.15, 0.2) is 22.7 Å². The number of hydrogen-bond donors (Lipinski definition) is 1. The number of aromatic carboxylic acids is 1. The van der Waals surface area contributed by atoms with Crippen molar-refractivity contribution in [2.24, 2.45) is 0 Å². The Morgan fingerprint density at radius 1 is 1.47 bits per heavy atom. The van der Waals surface area contributed by atoms with Crippen LogP contribution >= 0.6 is 15.9 Å². The van der Waals surface area contributed by atoms with Crippen LogP contribution in [0.3, 0.4) is 0 Å². The first-order chi connectivity index (χ1) is 9.06. The summed E-state index contributed by atoms with van der Waals surface area (Å²) in [4.78, 5) is 15.0. The summed E-state index contributed by atoms with van der Waals surface area (Å²) >= 11 is 3.10. The van der Waals surface area contributed by atoms with Gasteiger partial charge in [0.1, 0.15) is 11.6 Å². The summed E-state index contributed by atoms with van der Waals surface area (Å²) in [6.07, 6.45) is 1.94. The topological polar surface area (TPSA) is 68.0 Å². The Bertz CT molecular complexity index is 667. The number of carboxylic acid groups (broad SMARTS) is 1.